The zero-order chi connectivity index (χ0) is 17.8. The Morgan fingerprint density at radius 3 is 2.68 bits per heavy atom. The molecule has 6 nitrogen and oxygen atoms in total. The first-order valence-electron chi connectivity index (χ1n) is 8.48. The number of aryl methyl sites for hydroxylation is 1. The SMILES string of the molecule is CNC(C(=O)N1CCN(Cc2cccc(Cl)c2)CC1)c1cnn(C)c1. The molecule has 1 atom stereocenters. The highest BCUT2D eigenvalue weighted by molar-refractivity contribution is 6.30. The molecule has 2 aromatic rings. The van der Waals surface area contributed by atoms with E-state index in [-0.39, 0.29) is 11.9 Å². The maximum Gasteiger partial charge on any atom is 0.244 e. The van der Waals surface area contributed by atoms with E-state index in [4.69, 9.17) is 11.6 Å². The lowest BCUT2D eigenvalue weighted by molar-refractivity contribution is -0.135. The van der Waals surface area contributed by atoms with Crippen molar-refractivity contribution < 1.29 is 4.79 Å². The van der Waals surface area contributed by atoms with E-state index in [2.05, 4.69) is 21.4 Å². The van der Waals surface area contributed by atoms with Crippen LogP contribution in [0.15, 0.2) is 36.7 Å². The average molecular weight is 362 g/mol. The van der Waals surface area contributed by atoms with Crippen molar-refractivity contribution in [2.24, 2.45) is 7.05 Å². The van der Waals surface area contributed by atoms with Crippen molar-refractivity contribution in [1.29, 1.82) is 0 Å². The van der Waals surface area contributed by atoms with Crippen LogP contribution < -0.4 is 5.32 Å². The third-order valence-electron chi connectivity index (χ3n) is 4.57. The highest BCUT2D eigenvalue weighted by Crippen LogP contribution is 2.18. The van der Waals surface area contributed by atoms with E-state index >= 15 is 0 Å². The minimum absolute atomic E-state index is 0.109. The molecule has 1 amide bonds. The Bertz CT molecular complexity index is 724. The molecular formula is C18H24ClN5O. The molecule has 1 fully saturated rings. The van der Waals surface area contributed by atoms with Crippen molar-refractivity contribution >= 4 is 17.5 Å². The second kappa shape index (κ2) is 7.99. The van der Waals surface area contributed by atoms with Crippen LogP contribution in [-0.2, 0) is 18.4 Å². The molecule has 25 heavy (non-hydrogen) atoms. The van der Waals surface area contributed by atoms with Gasteiger partial charge in [-0.05, 0) is 24.7 Å². The highest BCUT2D eigenvalue weighted by atomic mass is 35.5. The van der Waals surface area contributed by atoms with E-state index in [9.17, 15) is 4.79 Å². The maximum atomic E-state index is 12.8. The Labute approximate surface area is 153 Å². The van der Waals surface area contributed by atoms with E-state index in [1.807, 2.05) is 43.4 Å². The number of nitrogens with one attached hydrogen (secondary N) is 1. The number of aromatic nitrogens is 2. The molecule has 1 aromatic heterocycles. The first-order chi connectivity index (χ1) is 12.1. The molecule has 0 radical (unpaired) electrons. The summed E-state index contributed by atoms with van der Waals surface area (Å²) in [5, 5.41) is 8.04. The lowest BCUT2D eigenvalue weighted by Gasteiger charge is -2.36. The third kappa shape index (κ3) is 4.39. The van der Waals surface area contributed by atoms with Gasteiger partial charge in [0.25, 0.3) is 0 Å². The van der Waals surface area contributed by atoms with Crippen molar-refractivity contribution in [1.82, 2.24) is 24.9 Å². The molecule has 3 rings (SSSR count). The van der Waals surface area contributed by atoms with Gasteiger partial charge in [0, 0.05) is 56.6 Å². The summed E-state index contributed by atoms with van der Waals surface area (Å²) in [6.45, 7) is 4.06. The molecular weight excluding hydrogens is 338 g/mol. The van der Waals surface area contributed by atoms with Crippen molar-refractivity contribution in [2.45, 2.75) is 12.6 Å². The van der Waals surface area contributed by atoms with Gasteiger partial charge in [-0.3, -0.25) is 14.4 Å². The second-order valence-corrected chi connectivity index (χ2v) is 6.84. The molecule has 134 valence electrons. The van der Waals surface area contributed by atoms with Crippen LogP contribution in [0.4, 0.5) is 0 Å². The van der Waals surface area contributed by atoms with Gasteiger partial charge in [0.15, 0.2) is 0 Å². The standard InChI is InChI=1S/C18H24ClN5O/c1-20-17(15-11-21-22(2)13-15)18(25)24-8-6-23(7-9-24)12-14-4-3-5-16(19)10-14/h3-5,10-11,13,17,20H,6-9,12H2,1-2H3. The van der Waals surface area contributed by atoms with Crippen LogP contribution in [0.25, 0.3) is 0 Å². The van der Waals surface area contributed by atoms with E-state index in [1.54, 1.807) is 10.9 Å². The first-order valence-corrected chi connectivity index (χ1v) is 8.86. The van der Waals surface area contributed by atoms with Crippen LogP contribution in [0.1, 0.15) is 17.2 Å². The van der Waals surface area contributed by atoms with Crippen molar-refractivity contribution in [3.63, 3.8) is 0 Å². The van der Waals surface area contributed by atoms with Gasteiger partial charge in [0.05, 0.1) is 6.20 Å². The van der Waals surface area contributed by atoms with Crippen LogP contribution in [0.2, 0.25) is 5.02 Å². The smallest absolute Gasteiger partial charge is 0.244 e. The van der Waals surface area contributed by atoms with Gasteiger partial charge in [-0.15, -0.1) is 0 Å². The zero-order valence-corrected chi connectivity index (χ0v) is 15.4. The van der Waals surface area contributed by atoms with E-state index in [1.165, 1.54) is 5.56 Å². The summed E-state index contributed by atoms with van der Waals surface area (Å²) in [5.74, 6) is 0.109. The number of halogens is 1. The summed E-state index contributed by atoms with van der Waals surface area (Å²) >= 11 is 6.05. The fourth-order valence-corrected chi connectivity index (χ4v) is 3.44. The summed E-state index contributed by atoms with van der Waals surface area (Å²) in [6.07, 6.45) is 3.63. The number of carbonyl (C=O) groups is 1. The molecule has 0 bridgehead atoms. The van der Waals surface area contributed by atoms with Gasteiger partial charge in [-0.25, -0.2) is 0 Å². The number of carbonyl (C=O) groups excluding carboxylic acids is 1. The lowest BCUT2D eigenvalue weighted by Crippen LogP contribution is -2.51. The summed E-state index contributed by atoms with van der Waals surface area (Å²) < 4.78 is 1.72. The molecule has 1 N–H and O–H groups in total. The normalized spacial score (nSPS) is 16.8. The third-order valence-corrected chi connectivity index (χ3v) is 4.81. The lowest BCUT2D eigenvalue weighted by atomic mass is 10.1. The Morgan fingerprint density at radius 1 is 1.32 bits per heavy atom. The number of benzene rings is 1. The van der Waals surface area contributed by atoms with Gasteiger partial charge >= 0.3 is 0 Å². The highest BCUT2D eigenvalue weighted by Gasteiger charge is 2.28. The minimum atomic E-state index is -0.340. The zero-order valence-electron chi connectivity index (χ0n) is 14.7. The van der Waals surface area contributed by atoms with Gasteiger partial charge < -0.3 is 10.2 Å². The summed E-state index contributed by atoms with van der Waals surface area (Å²) in [4.78, 5) is 17.1. The van der Waals surface area contributed by atoms with Gasteiger partial charge in [0.1, 0.15) is 6.04 Å². The van der Waals surface area contributed by atoms with Gasteiger partial charge in [0.2, 0.25) is 5.91 Å². The number of amides is 1. The van der Waals surface area contributed by atoms with Crippen molar-refractivity contribution in [2.75, 3.05) is 33.2 Å². The molecule has 1 aliphatic rings. The van der Waals surface area contributed by atoms with Crippen LogP contribution in [0, 0.1) is 0 Å². The van der Waals surface area contributed by atoms with E-state index < -0.39 is 0 Å². The van der Waals surface area contributed by atoms with Crippen LogP contribution in [-0.4, -0.2) is 58.7 Å². The molecule has 1 saturated heterocycles. The van der Waals surface area contributed by atoms with Crippen LogP contribution in [0.5, 0.6) is 0 Å². The number of hydrogen-bond donors (Lipinski definition) is 1. The average Bonchev–Trinajstić information content (AvgIpc) is 3.02. The predicted molar refractivity (Wildman–Crippen MR) is 98.3 cm³/mol. The second-order valence-electron chi connectivity index (χ2n) is 6.40. The van der Waals surface area contributed by atoms with Crippen molar-refractivity contribution in [3.05, 3.63) is 52.8 Å². The number of rotatable bonds is 5. The molecule has 0 saturated carbocycles. The molecule has 7 heteroatoms. The largest absolute Gasteiger partial charge is 0.338 e. The van der Waals surface area contributed by atoms with Gasteiger partial charge in [-0.1, -0.05) is 23.7 Å². The van der Waals surface area contributed by atoms with E-state index in [0.717, 1.165) is 43.3 Å². The first kappa shape index (κ1) is 17.9. The topological polar surface area (TPSA) is 53.4 Å². The predicted octanol–water partition coefficient (Wildman–Crippen LogP) is 1.68. The summed E-state index contributed by atoms with van der Waals surface area (Å²) in [7, 11) is 3.67. The van der Waals surface area contributed by atoms with Gasteiger partial charge in [-0.2, -0.15) is 5.10 Å². The Balaban J connectivity index is 1.56. The maximum absolute atomic E-state index is 12.8. The molecule has 1 aromatic carbocycles. The van der Waals surface area contributed by atoms with Crippen LogP contribution in [0.3, 0.4) is 0 Å². The fourth-order valence-electron chi connectivity index (χ4n) is 3.22. The fraction of sp³-hybridized carbons (Fsp3) is 0.444. The van der Waals surface area contributed by atoms with Crippen molar-refractivity contribution in [3.8, 4) is 0 Å². The molecule has 1 unspecified atom stereocenters. The van der Waals surface area contributed by atoms with Crippen LogP contribution >= 0.6 is 11.6 Å². The summed E-state index contributed by atoms with van der Waals surface area (Å²) in [5.41, 5.74) is 2.10. The monoisotopic (exact) mass is 361 g/mol. The molecule has 1 aliphatic heterocycles. The summed E-state index contributed by atoms with van der Waals surface area (Å²) in [6, 6.07) is 7.61. The quantitative estimate of drug-likeness (QED) is 0.880. The molecule has 2 heterocycles. The molecule has 0 aliphatic carbocycles. The number of nitrogens with zero attached hydrogens (tertiary/aromatic N) is 4. The number of hydrogen-bond acceptors (Lipinski definition) is 4. The number of piperazine rings is 1. The minimum Gasteiger partial charge on any atom is -0.338 e. The Hall–Kier alpha value is -1.89. The van der Waals surface area contributed by atoms with E-state index in [0.29, 0.717) is 0 Å². The molecule has 0 spiro atoms. The number of likely N-dealkylation sites (N-methyl/N-ethyl adjacent to an activating group) is 1. The Morgan fingerprint density at radius 2 is 2.08 bits per heavy atom. The Kier molecular flexibility index (Phi) is 5.73.